The van der Waals surface area contributed by atoms with Gasteiger partial charge in [-0.2, -0.15) is 0 Å². The number of hydrogen-bond acceptors (Lipinski definition) is 3. The Morgan fingerprint density at radius 3 is 2.42 bits per heavy atom. The van der Waals surface area contributed by atoms with Crippen molar-refractivity contribution in [3.05, 3.63) is 0 Å². The Kier molecular flexibility index (Phi) is 7.39. The molecule has 1 aliphatic rings. The summed E-state index contributed by atoms with van der Waals surface area (Å²) in [7, 11) is 0. The van der Waals surface area contributed by atoms with Gasteiger partial charge in [0.1, 0.15) is 6.04 Å². The summed E-state index contributed by atoms with van der Waals surface area (Å²) in [6.45, 7) is 5.88. The molecule has 0 amide bonds. The molecule has 0 aliphatic heterocycles. The fourth-order valence-electron chi connectivity index (χ4n) is 3.10. The van der Waals surface area contributed by atoms with E-state index < -0.39 is 5.97 Å². The van der Waals surface area contributed by atoms with Gasteiger partial charge in [0.15, 0.2) is 0 Å². The molecule has 4 heteroatoms. The Morgan fingerprint density at radius 1 is 1.32 bits per heavy atom. The van der Waals surface area contributed by atoms with E-state index in [-0.39, 0.29) is 6.04 Å². The van der Waals surface area contributed by atoms with Crippen molar-refractivity contribution in [1.82, 2.24) is 4.90 Å². The minimum Gasteiger partial charge on any atom is -0.480 e. The molecule has 0 aromatic heterocycles. The summed E-state index contributed by atoms with van der Waals surface area (Å²) in [5.41, 5.74) is 5.51. The lowest BCUT2D eigenvalue weighted by atomic mass is 10.0. The Hall–Kier alpha value is -0.610. The first kappa shape index (κ1) is 16.4. The van der Waals surface area contributed by atoms with Gasteiger partial charge in [-0.05, 0) is 38.1 Å². The van der Waals surface area contributed by atoms with Gasteiger partial charge in [0.05, 0.1) is 0 Å². The van der Waals surface area contributed by atoms with E-state index in [2.05, 4.69) is 18.7 Å². The summed E-state index contributed by atoms with van der Waals surface area (Å²) in [5.74, 6) is -0.151. The van der Waals surface area contributed by atoms with Crippen LogP contribution >= 0.6 is 0 Å². The van der Waals surface area contributed by atoms with Crippen LogP contribution in [-0.4, -0.2) is 41.1 Å². The van der Waals surface area contributed by atoms with Gasteiger partial charge in [-0.1, -0.05) is 33.1 Å². The Labute approximate surface area is 117 Å². The summed E-state index contributed by atoms with van der Waals surface area (Å²) in [6, 6.07) is 0.151. The highest BCUT2D eigenvalue weighted by Gasteiger charge is 2.32. The van der Waals surface area contributed by atoms with Gasteiger partial charge in [0.25, 0.3) is 0 Å². The summed E-state index contributed by atoms with van der Waals surface area (Å²) in [4.78, 5) is 13.9. The number of carbonyl (C=O) groups is 1. The van der Waals surface area contributed by atoms with Crippen LogP contribution in [0.1, 0.15) is 58.8 Å². The molecule has 0 radical (unpaired) electrons. The van der Waals surface area contributed by atoms with Gasteiger partial charge in [-0.15, -0.1) is 0 Å². The molecule has 1 saturated carbocycles. The molecule has 0 spiro atoms. The minimum absolute atomic E-state index is 0.322. The van der Waals surface area contributed by atoms with E-state index in [1.54, 1.807) is 0 Å². The second-order valence-corrected chi connectivity index (χ2v) is 6.17. The zero-order valence-corrected chi connectivity index (χ0v) is 12.5. The lowest BCUT2D eigenvalue weighted by molar-refractivity contribution is -0.145. The molecule has 1 aliphatic carbocycles. The highest BCUT2D eigenvalue weighted by atomic mass is 16.4. The predicted octanol–water partition coefficient (Wildman–Crippen LogP) is 2.47. The van der Waals surface area contributed by atoms with E-state index in [0.29, 0.717) is 18.5 Å². The van der Waals surface area contributed by atoms with Crippen molar-refractivity contribution >= 4 is 5.97 Å². The molecule has 4 nitrogen and oxygen atoms in total. The molecule has 1 atom stereocenters. The number of nitrogens with two attached hydrogens (primary N) is 1. The molecular formula is C15H30N2O2. The molecule has 3 N–H and O–H groups in total. The van der Waals surface area contributed by atoms with Crippen molar-refractivity contribution in [2.45, 2.75) is 70.9 Å². The zero-order valence-electron chi connectivity index (χ0n) is 12.5. The molecule has 0 aromatic rings. The van der Waals surface area contributed by atoms with Crippen LogP contribution in [0.2, 0.25) is 0 Å². The molecule has 1 rings (SSSR count). The van der Waals surface area contributed by atoms with Gasteiger partial charge < -0.3 is 10.8 Å². The van der Waals surface area contributed by atoms with Crippen LogP contribution in [0.15, 0.2) is 0 Å². The predicted molar refractivity (Wildman–Crippen MR) is 78.1 cm³/mol. The number of hydrogen-bond donors (Lipinski definition) is 2. The quantitative estimate of drug-likeness (QED) is 0.632. The van der Waals surface area contributed by atoms with Crippen LogP contribution in [0, 0.1) is 5.92 Å². The average Bonchev–Trinajstić information content (AvgIpc) is 2.85. The molecule has 112 valence electrons. The third-order valence-electron chi connectivity index (χ3n) is 3.99. The maximum atomic E-state index is 11.6. The maximum absolute atomic E-state index is 11.6. The van der Waals surface area contributed by atoms with Gasteiger partial charge in [0.2, 0.25) is 0 Å². The molecule has 19 heavy (non-hydrogen) atoms. The van der Waals surface area contributed by atoms with Crippen molar-refractivity contribution in [2.75, 3.05) is 13.1 Å². The summed E-state index contributed by atoms with van der Waals surface area (Å²) < 4.78 is 0. The first-order chi connectivity index (χ1) is 9.06. The molecular weight excluding hydrogens is 240 g/mol. The van der Waals surface area contributed by atoms with E-state index in [9.17, 15) is 9.90 Å². The lowest BCUT2D eigenvalue weighted by Crippen LogP contribution is -2.48. The molecule has 0 aromatic carbocycles. The topological polar surface area (TPSA) is 66.6 Å². The molecule has 1 unspecified atom stereocenters. The lowest BCUT2D eigenvalue weighted by Gasteiger charge is -2.35. The molecule has 1 fully saturated rings. The van der Waals surface area contributed by atoms with E-state index in [4.69, 9.17) is 5.73 Å². The van der Waals surface area contributed by atoms with Crippen LogP contribution in [0.4, 0.5) is 0 Å². The second-order valence-electron chi connectivity index (χ2n) is 6.17. The normalized spacial score (nSPS) is 18.4. The first-order valence-electron chi connectivity index (χ1n) is 7.74. The Morgan fingerprint density at radius 2 is 1.95 bits per heavy atom. The smallest absolute Gasteiger partial charge is 0.320 e. The van der Waals surface area contributed by atoms with E-state index in [1.807, 2.05) is 0 Å². The minimum atomic E-state index is -0.662. The number of unbranched alkanes of at least 4 members (excludes halogenated alkanes) is 1. The van der Waals surface area contributed by atoms with Crippen molar-refractivity contribution < 1.29 is 9.90 Å². The van der Waals surface area contributed by atoms with Crippen LogP contribution in [-0.2, 0) is 4.79 Å². The van der Waals surface area contributed by atoms with Gasteiger partial charge >= 0.3 is 5.97 Å². The van der Waals surface area contributed by atoms with E-state index >= 15 is 0 Å². The van der Waals surface area contributed by atoms with Crippen molar-refractivity contribution in [2.24, 2.45) is 11.7 Å². The van der Waals surface area contributed by atoms with Crippen LogP contribution in [0.5, 0.6) is 0 Å². The van der Waals surface area contributed by atoms with Crippen molar-refractivity contribution in [3.63, 3.8) is 0 Å². The summed E-state index contributed by atoms with van der Waals surface area (Å²) in [6.07, 6.45) is 7.37. The second kappa shape index (κ2) is 8.54. The average molecular weight is 270 g/mol. The third kappa shape index (κ3) is 5.49. The molecule has 0 bridgehead atoms. The Bertz CT molecular complexity index is 263. The number of rotatable bonds is 9. The number of aliphatic carboxylic acids is 1. The summed E-state index contributed by atoms with van der Waals surface area (Å²) >= 11 is 0. The van der Waals surface area contributed by atoms with E-state index in [0.717, 1.165) is 38.6 Å². The summed E-state index contributed by atoms with van der Waals surface area (Å²) in [5, 5.41) is 9.54. The number of carboxylic acid groups (broad SMARTS) is 1. The number of nitrogens with zero attached hydrogens (tertiary/aromatic N) is 1. The van der Waals surface area contributed by atoms with Crippen LogP contribution in [0.25, 0.3) is 0 Å². The van der Waals surface area contributed by atoms with Gasteiger partial charge in [0, 0.05) is 12.6 Å². The van der Waals surface area contributed by atoms with Crippen LogP contribution in [0.3, 0.4) is 0 Å². The monoisotopic (exact) mass is 270 g/mol. The first-order valence-corrected chi connectivity index (χ1v) is 7.74. The van der Waals surface area contributed by atoms with Gasteiger partial charge in [-0.3, -0.25) is 9.69 Å². The van der Waals surface area contributed by atoms with Crippen LogP contribution < -0.4 is 5.73 Å². The SMILES string of the molecule is CC(C)CN(C1CCCC1)C(CCCCN)C(=O)O. The van der Waals surface area contributed by atoms with E-state index in [1.165, 1.54) is 12.8 Å². The molecule has 0 saturated heterocycles. The highest BCUT2D eigenvalue weighted by molar-refractivity contribution is 5.73. The standard InChI is InChI=1S/C15H30N2O2/c1-12(2)11-17(13-7-3-4-8-13)14(15(18)19)9-5-6-10-16/h12-14H,3-11,16H2,1-2H3,(H,18,19). The fraction of sp³-hybridized carbons (Fsp3) is 0.933. The Balaban J connectivity index is 2.68. The fourth-order valence-corrected chi connectivity index (χ4v) is 3.10. The van der Waals surface area contributed by atoms with Crippen molar-refractivity contribution in [3.8, 4) is 0 Å². The highest BCUT2D eigenvalue weighted by Crippen LogP contribution is 2.27. The zero-order chi connectivity index (χ0) is 14.3. The third-order valence-corrected chi connectivity index (χ3v) is 3.99. The molecule has 0 heterocycles. The largest absolute Gasteiger partial charge is 0.480 e. The van der Waals surface area contributed by atoms with Crippen molar-refractivity contribution in [1.29, 1.82) is 0 Å². The number of carboxylic acids is 1. The maximum Gasteiger partial charge on any atom is 0.320 e. The van der Waals surface area contributed by atoms with Gasteiger partial charge in [-0.25, -0.2) is 0 Å².